The largest absolute Gasteiger partial charge is 0.415 e. The summed E-state index contributed by atoms with van der Waals surface area (Å²) < 4.78 is 6.63. The maximum atomic E-state index is 6.63. The summed E-state index contributed by atoms with van der Waals surface area (Å²) in [5, 5.41) is 0.269. The van der Waals surface area contributed by atoms with Crippen LogP contribution in [-0.2, 0) is 4.43 Å². The molecule has 0 radical (unpaired) electrons. The molecule has 0 heterocycles. The lowest BCUT2D eigenvalue weighted by Gasteiger charge is -2.42. The van der Waals surface area contributed by atoms with E-state index in [1.165, 1.54) is 25.3 Å². The van der Waals surface area contributed by atoms with E-state index in [2.05, 4.69) is 47.0 Å². The van der Waals surface area contributed by atoms with E-state index in [-0.39, 0.29) is 5.22 Å². The Bertz CT molecular complexity index is 174. The normalized spacial score (nSPS) is 13.6. The van der Waals surface area contributed by atoms with Crippen LogP contribution in [0.25, 0.3) is 0 Å². The van der Waals surface area contributed by atoms with Gasteiger partial charge in [-0.15, -0.1) is 0 Å². The van der Waals surface area contributed by atoms with Crippen molar-refractivity contribution in [3.05, 3.63) is 0 Å². The van der Waals surface area contributed by atoms with Gasteiger partial charge in [0.05, 0.1) is 8.80 Å². The van der Waals surface area contributed by atoms with Crippen molar-refractivity contribution < 1.29 is 4.43 Å². The van der Waals surface area contributed by atoms with Crippen LogP contribution in [0.3, 0.4) is 0 Å². The first-order valence-corrected chi connectivity index (χ1v) is 12.5. The zero-order valence-electron chi connectivity index (χ0n) is 11.8. The van der Waals surface area contributed by atoms with Crippen LogP contribution in [0.5, 0.6) is 0 Å². The van der Waals surface area contributed by atoms with Gasteiger partial charge in [0.2, 0.25) is 0 Å². The third kappa shape index (κ3) is 4.41. The lowest BCUT2D eigenvalue weighted by molar-refractivity contribution is 0.129. The molecular weight excluding hydrogens is 216 g/mol. The summed E-state index contributed by atoms with van der Waals surface area (Å²) in [5.74, 6) is 0. The zero-order valence-corrected chi connectivity index (χ0v) is 14.0. The van der Waals surface area contributed by atoms with Gasteiger partial charge in [-0.05, 0) is 32.0 Å². The molecule has 0 saturated heterocycles. The Labute approximate surface area is 99.3 Å². The summed E-state index contributed by atoms with van der Waals surface area (Å²) in [7, 11) is -2.14. The molecule has 0 aliphatic heterocycles. The Balaban J connectivity index is 4.66. The molecule has 0 aromatic heterocycles. The minimum atomic E-state index is -1.41. The second-order valence-electron chi connectivity index (χ2n) is 5.54. The highest BCUT2D eigenvalue weighted by Crippen LogP contribution is 2.30. The van der Waals surface area contributed by atoms with Crippen LogP contribution in [0.1, 0.15) is 40.0 Å². The molecule has 0 aromatic carbocycles. The predicted molar refractivity (Wildman–Crippen MR) is 75.9 cm³/mol. The van der Waals surface area contributed by atoms with E-state index < -0.39 is 17.1 Å². The fraction of sp³-hybridized carbons (Fsp3) is 1.00. The Hall–Kier alpha value is 0.394. The second kappa shape index (κ2) is 6.21. The molecule has 0 atom stereocenters. The molecular formula is C12H30OSi2. The Morgan fingerprint density at radius 2 is 1.53 bits per heavy atom. The van der Waals surface area contributed by atoms with Gasteiger partial charge in [-0.1, -0.05) is 40.3 Å². The summed E-state index contributed by atoms with van der Waals surface area (Å²) in [5.41, 5.74) is 0. The summed E-state index contributed by atoms with van der Waals surface area (Å²) in [6.07, 6.45) is 3.67. The van der Waals surface area contributed by atoms with Gasteiger partial charge in [-0.2, -0.15) is 0 Å². The number of hydrogen-bond acceptors (Lipinski definition) is 1. The van der Waals surface area contributed by atoms with E-state index >= 15 is 0 Å². The summed E-state index contributed by atoms with van der Waals surface area (Å²) in [4.78, 5) is 0. The van der Waals surface area contributed by atoms with Crippen LogP contribution in [0.15, 0.2) is 0 Å². The standard InChI is InChI=1S/C12H30OSi2/c1-8-11-15(6,7)13-12(9-2,10-3)14(4)5/h14H,8-11H2,1-7H3. The molecule has 0 aliphatic rings. The van der Waals surface area contributed by atoms with E-state index in [4.69, 9.17) is 4.43 Å². The Morgan fingerprint density at radius 1 is 1.07 bits per heavy atom. The van der Waals surface area contributed by atoms with E-state index in [0.717, 1.165) is 0 Å². The molecule has 0 N–H and O–H groups in total. The average molecular weight is 247 g/mol. The summed E-state index contributed by atoms with van der Waals surface area (Å²) in [6.45, 7) is 16.5. The highest BCUT2D eigenvalue weighted by Gasteiger charge is 2.37. The van der Waals surface area contributed by atoms with Crippen molar-refractivity contribution in [2.75, 3.05) is 0 Å². The highest BCUT2D eigenvalue weighted by molar-refractivity contribution is 6.72. The van der Waals surface area contributed by atoms with Gasteiger partial charge in [0, 0.05) is 5.22 Å². The maximum absolute atomic E-state index is 6.63. The fourth-order valence-electron chi connectivity index (χ4n) is 2.53. The first kappa shape index (κ1) is 15.4. The highest BCUT2D eigenvalue weighted by atomic mass is 28.4. The number of rotatable bonds is 7. The molecule has 0 aliphatic carbocycles. The Kier molecular flexibility index (Phi) is 6.37. The van der Waals surface area contributed by atoms with Gasteiger partial charge < -0.3 is 4.43 Å². The maximum Gasteiger partial charge on any atom is 0.187 e. The van der Waals surface area contributed by atoms with Crippen molar-refractivity contribution >= 4 is 17.1 Å². The van der Waals surface area contributed by atoms with Crippen LogP contribution in [0, 0.1) is 0 Å². The van der Waals surface area contributed by atoms with Gasteiger partial charge >= 0.3 is 0 Å². The van der Waals surface area contributed by atoms with Crippen molar-refractivity contribution in [3.8, 4) is 0 Å². The van der Waals surface area contributed by atoms with E-state index in [1.807, 2.05) is 0 Å². The van der Waals surface area contributed by atoms with Crippen LogP contribution in [0.2, 0.25) is 32.2 Å². The molecule has 15 heavy (non-hydrogen) atoms. The van der Waals surface area contributed by atoms with Crippen molar-refractivity contribution in [1.29, 1.82) is 0 Å². The Morgan fingerprint density at radius 3 is 1.80 bits per heavy atom. The molecule has 0 aromatic rings. The van der Waals surface area contributed by atoms with Gasteiger partial charge in [0.1, 0.15) is 0 Å². The predicted octanol–water partition coefficient (Wildman–Crippen LogP) is 4.20. The van der Waals surface area contributed by atoms with E-state index in [1.54, 1.807) is 0 Å². The number of hydrogen-bond donors (Lipinski definition) is 0. The van der Waals surface area contributed by atoms with Crippen LogP contribution in [0.4, 0.5) is 0 Å². The smallest absolute Gasteiger partial charge is 0.187 e. The van der Waals surface area contributed by atoms with Crippen molar-refractivity contribution in [1.82, 2.24) is 0 Å². The summed E-state index contributed by atoms with van der Waals surface area (Å²) >= 11 is 0. The molecule has 3 heteroatoms. The molecule has 0 rings (SSSR count). The molecule has 0 fully saturated rings. The second-order valence-corrected chi connectivity index (χ2v) is 13.1. The van der Waals surface area contributed by atoms with E-state index in [0.29, 0.717) is 0 Å². The molecule has 0 spiro atoms. The molecule has 92 valence electrons. The lowest BCUT2D eigenvalue weighted by atomic mass is 10.2. The first-order valence-electron chi connectivity index (χ1n) is 6.53. The van der Waals surface area contributed by atoms with Gasteiger partial charge in [-0.25, -0.2) is 0 Å². The summed E-state index contributed by atoms with van der Waals surface area (Å²) in [6, 6.07) is 1.30. The molecule has 0 amide bonds. The van der Waals surface area contributed by atoms with Crippen LogP contribution in [-0.4, -0.2) is 22.3 Å². The van der Waals surface area contributed by atoms with Crippen molar-refractivity contribution in [2.24, 2.45) is 0 Å². The topological polar surface area (TPSA) is 9.23 Å². The fourth-order valence-corrected chi connectivity index (χ4v) is 8.76. The SMILES string of the molecule is CCC[Si](C)(C)OC(CC)(CC)[SiH](C)C. The first-order chi connectivity index (χ1) is 6.83. The lowest BCUT2D eigenvalue weighted by Crippen LogP contribution is -2.51. The molecule has 0 saturated carbocycles. The zero-order chi connectivity index (χ0) is 12.1. The van der Waals surface area contributed by atoms with E-state index in [9.17, 15) is 0 Å². The molecule has 1 nitrogen and oxygen atoms in total. The minimum Gasteiger partial charge on any atom is -0.415 e. The third-order valence-electron chi connectivity index (χ3n) is 3.58. The van der Waals surface area contributed by atoms with Gasteiger partial charge in [0.25, 0.3) is 0 Å². The minimum absolute atomic E-state index is 0.269. The third-order valence-corrected chi connectivity index (χ3v) is 9.52. The van der Waals surface area contributed by atoms with Crippen molar-refractivity contribution in [3.63, 3.8) is 0 Å². The molecule has 0 unspecified atom stereocenters. The van der Waals surface area contributed by atoms with Crippen molar-refractivity contribution in [2.45, 2.75) is 77.5 Å². The van der Waals surface area contributed by atoms with Crippen LogP contribution < -0.4 is 0 Å². The van der Waals surface area contributed by atoms with Gasteiger partial charge in [-0.3, -0.25) is 0 Å². The monoisotopic (exact) mass is 246 g/mol. The van der Waals surface area contributed by atoms with Crippen LogP contribution >= 0.6 is 0 Å². The average Bonchev–Trinajstić information content (AvgIpc) is 2.13. The molecule has 0 bridgehead atoms. The van der Waals surface area contributed by atoms with Gasteiger partial charge in [0.15, 0.2) is 8.32 Å². The quantitative estimate of drug-likeness (QED) is 0.612.